The van der Waals surface area contributed by atoms with Crippen molar-refractivity contribution in [3.8, 4) is 5.75 Å². The second-order valence-electron chi connectivity index (χ2n) is 8.82. The first-order valence-electron chi connectivity index (χ1n) is 11.1. The lowest BCUT2D eigenvalue weighted by molar-refractivity contribution is -0.133. The van der Waals surface area contributed by atoms with Crippen LogP contribution < -0.4 is 10.1 Å². The fraction of sp³-hybridized carbons (Fsp3) is 0.320. The van der Waals surface area contributed by atoms with Crippen molar-refractivity contribution in [2.45, 2.75) is 38.4 Å². The number of hydrogen-bond acceptors (Lipinski definition) is 4. The van der Waals surface area contributed by atoms with Gasteiger partial charge in [-0.15, -0.1) is 0 Å². The highest BCUT2D eigenvalue weighted by atomic mass is 35.5. The lowest BCUT2D eigenvalue weighted by Gasteiger charge is -2.28. The van der Waals surface area contributed by atoms with Crippen LogP contribution in [0, 0.1) is 11.7 Å². The highest BCUT2D eigenvalue weighted by Crippen LogP contribution is 2.47. The molecule has 1 saturated heterocycles. The number of amides is 2. The number of carbonyl (C=O) groups is 3. The maximum absolute atomic E-state index is 14.0. The van der Waals surface area contributed by atoms with Crippen LogP contribution in [0.4, 0.5) is 9.18 Å². The van der Waals surface area contributed by atoms with Crippen LogP contribution in [0.3, 0.4) is 0 Å². The smallest absolute Gasteiger partial charge is 0.407 e. The van der Waals surface area contributed by atoms with Gasteiger partial charge in [-0.25, -0.2) is 9.18 Å². The number of nitrogens with one attached hydrogen (secondary N) is 1. The molecule has 1 aliphatic heterocycles. The number of para-hydroxylation sites is 1. The lowest BCUT2D eigenvalue weighted by Crippen LogP contribution is -2.46. The summed E-state index contributed by atoms with van der Waals surface area (Å²) in [5.74, 6) is -0.758. The third kappa shape index (κ3) is 4.14. The number of piperidine rings is 1. The molecule has 9 heteroatoms. The van der Waals surface area contributed by atoms with Gasteiger partial charge in [0.1, 0.15) is 6.54 Å². The molecule has 0 spiro atoms. The Labute approximate surface area is 200 Å². The van der Waals surface area contributed by atoms with Gasteiger partial charge in [0.2, 0.25) is 5.91 Å². The Hall–Kier alpha value is -3.39. The molecular weight excluding hydrogens is 461 g/mol. The number of fused-ring (bicyclic) bond motifs is 2. The summed E-state index contributed by atoms with van der Waals surface area (Å²) in [6.45, 7) is 1.82. The summed E-state index contributed by atoms with van der Waals surface area (Å²) in [4.78, 5) is 39.4. The number of halogens is 2. The summed E-state index contributed by atoms with van der Waals surface area (Å²) in [5, 5.41) is 3.33. The summed E-state index contributed by atoms with van der Waals surface area (Å²) in [6.07, 6.45) is 2.66. The van der Waals surface area contributed by atoms with Crippen LogP contribution in [-0.4, -0.2) is 45.9 Å². The Bertz CT molecular complexity index is 1310. The van der Waals surface area contributed by atoms with Gasteiger partial charge >= 0.3 is 6.09 Å². The van der Waals surface area contributed by atoms with Gasteiger partial charge in [0, 0.05) is 41.3 Å². The van der Waals surface area contributed by atoms with Crippen LogP contribution >= 0.6 is 11.6 Å². The van der Waals surface area contributed by atoms with Crippen LogP contribution in [0.1, 0.15) is 30.1 Å². The minimum absolute atomic E-state index is 0.0532. The molecule has 0 unspecified atom stereocenters. The first-order chi connectivity index (χ1) is 16.3. The average molecular weight is 484 g/mol. The van der Waals surface area contributed by atoms with Gasteiger partial charge in [0.05, 0.1) is 5.02 Å². The molecule has 1 aliphatic carbocycles. The molecule has 0 radical (unpaired) electrons. The third-order valence-electron chi connectivity index (χ3n) is 6.57. The van der Waals surface area contributed by atoms with Gasteiger partial charge in [-0.05, 0) is 43.9 Å². The van der Waals surface area contributed by atoms with E-state index in [4.69, 9.17) is 16.3 Å². The topological polar surface area (TPSA) is 80.6 Å². The van der Waals surface area contributed by atoms with E-state index in [0.717, 1.165) is 23.7 Å². The summed E-state index contributed by atoms with van der Waals surface area (Å²) in [7, 11) is 0. The third-order valence-corrected chi connectivity index (χ3v) is 6.87. The fourth-order valence-electron chi connectivity index (χ4n) is 4.92. The van der Waals surface area contributed by atoms with Gasteiger partial charge in [-0.2, -0.15) is 0 Å². The number of ether oxygens (including phenoxy) is 1. The SMILES string of the molecule is CC(=O)c1cn(CC(=O)N2[C@H](CNC(=O)Oc3cccc(Cl)c3F)C[C@@H]3C[C@H]32)c2ccccc12. The number of rotatable bonds is 6. The first-order valence-corrected chi connectivity index (χ1v) is 11.5. The molecule has 2 aromatic carbocycles. The van der Waals surface area contributed by atoms with Crippen molar-refractivity contribution < 1.29 is 23.5 Å². The van der Waals surface area contributed by atoms with Crippen molar-refractivity contribution in [3.05, 3.63) is 65.1 Å². The van der Waals surface area contributed by atoms with E-state index in [1.165, 1.54) is 25.1 Å². The number of hydrogen-bond donors (Lipinski definition) is 1. The molecule has 176 valence electrons. The van der Waals surface area contributed by atoms with E-state index in [0.29, 0.717) is 11.5 Å². The summed E-state index contributed by atoms with van der Waals surface area (Å²) in [6, 6.07) is 11.7. The zero-order valence-corrected chi connectivity index (χ0v) is 19.2. The summed E-state index contributed by atoms with van der Waals surface area (Å²) >= 11 is 5.72. The number of Topliss-reactive ketones (excluding diaryl/α,β-unsaturated/α-hetero) is 1. The molecule has 2 amide bonds. The average Bonchev–Trinajstić information content (AvgIpc) is 3.31. The number of nitrogens with zero attached hydrogens (tertiary/aromatic N) is 2. The van der Waals surface area contributed by atoms with Crippen molar-refractivity contribution in [1.82, 2.24) is 14.8 Å². The van der Waals surface area contributed by atoms with Gasteiger partial charge in [0.25, 0.3) is 0 Å². The molecule has 2 fully saturated rings. The van der Waals surface area contributed by atoms with E-state index in [-0.39, 0.29) is 47.6 Å². The molecule has 3 atom stereocenters. The standard InChI is InChI=1S/C25H23ClFN3O4/c1-14(31)18-12-29(20-7-3-2-5-17(18)20)13-23(32)30-16(9-15-10-21(15)30)11-28-25(33)34-22-8-4-6-19(26)24(22)27/h2-8,12,15-16,21H,9-11,13H2,1H3,(H,28,33)/t15-,16+,21-/m1/s1. The molecule has 3 aromatic rings. The van der Waals surface area contributed by atoms with Gasteiger partial charge in [-0.1, -0.05) is 35.9 Å². The van der Waals surface area contributed by atoms with Crippen molar-refractivity contribution in [3.63, 3.8) is 0 Å². The van der Waals surface area contributed by atoms with E-state index in [1.54, 1.807) is 6.20 Å². The number of aromatic nitrogens is 1. The number of carbonyl (C=O) groups excluding carboxylic acids is 3. The predicted octanol–water partition coefficient (Wildman–Crippen LogP) is 4.41. The molecule has 1 N–H and O–H groups in total. The largest absolute Gasteiger partial charge is 0.412 e. The second kappa shape index (κ2) is 8.76. The van der Waals surface area contributed by atoms with Crippen LogP contribution in [0.15, 0.2) is 48.7 Å². The Morgan fingerprint density at radius 3 is 2.74 bits per heavy atom. The van der Waals surface area contributed by atoms with E-state index < -0.39 is 11.9 Å². The van der Waals surface area contributed by atoms with Crippen molar-refractivity contribution in [2.75, 3.05) is 6.54 Å². The Morgan fingerprint density at radius 1 is 1.15 bits per heavy atom. The van der Waals surface area contributed by atoms with Crippen LogP contribution in [0.5, 0.6) is 5.75 Å². The zero-order chi connectivity index (χ0) is 24.0. The quantitative estimate of drug-likeness (QED) is 0.526. The molecular formula is C25H23ClFN3O4. The maximum Gasteiger partial charge on any atom is 0.412 e. The van der Waals surface area contributed by atoms with Crippen LogP contribution in [0.2, 0.25) is 5.02 Å². The molecule has 7 nitrogen and oxygen atoms in total. The molecule has 5 rings (SSSR count). The number of benzene rings is 2. The Balaban J connectivity index is 1.26. The molecule has 2 heterocycles. The normalized spacial score (nSPS) is 20.8. The first kappa shape index (κ1) is 22.4. The van der Waals surface area contributed by atoms with Crippen molar-refractivity contribution in [1.29, 1.82) is 0 Å². The van der Waals surface area contributed by atoms with Gasteiger partial charge < -0.3 is 19.5 Å². The van der Waals surface area contributed by atoms with Crippen molar-refractivity contribution >= 4 is 40.3 Å². The number of ketones is 1. The van der Waals surface area contributed by atoms with E-state index in [1.807, 2.05) is 33.7 Å². The van der Waals surface area contributed by atoms with Crippen LogP contribution in [-0.2, 0) is 11.3 Å². The predicted molar refractivity (Wildman–Crippen MR) is 125 cm³/mol. The number of likely N-dealkylation sites (tertiary alicyclic amines) is 1. The molecule has 0 bridgehead atoms. The Kier molecular flexibility index (Phi) is 5.77. The van der Waals surface area contributed by atoms with Gasteiger partial charge in [-0.3, -0.25) is 9.59 Å². The van der Waals surface area contributed by atoms with E-state index in [9.17, 15) is 18.8 Å². The zero-order valence-electron chi connectivity index (χ0n) is 18.5. The second-order valence-corrected chi connectivity index (χ2v) is 9.23. The lowest BCUT2D eigenvalue weighted by atomic mass is 10.1. The monoisotopic (exact) mass is 483 g/mol. The minimum Gasteiger partial charge on any atom is -0.407 e. The highest BCUT2D eigenvalue weighted by Gasteiger charge is 2.53. The molecule has 1 saturated carbocycles. The minimum atomic E-state index is -0.809. The Morgan fingerprint density at radius 2 is 1.94 bits per heavy atom. The van der Waals surface area contributed by atoms with E-state index in [2.05, 4.69) is 5.32 Å². The fourth-order valence-corrected chi connectivity index (χ4v) is 5.08. The van der Waals surface area contributed by atoms with E-state index >= 15 is 0 Å². The maximum atomic E-state index is 14.0. The molecule has 2 aliphatic rings. The van der Waals surface area contributed by atoms with Crippen LogP contribution in [0.25, 0.3) is 10.9 Å². The summed E-state index contributed by atoms with van der Waals surface area (Å²) in [5.41, 5.74) is 1.41. The van der Waals surface area contributed by atoms with Crippen molar-refractivity contribution in [2.24, 2.45) is 5.92 Å². The molecule has 1 aromatic heterocycles. The van der Waals surface area contributed by atoms with Gasteiger partial charge in [0.15, 0.2) is 17.3 Å². The highest BCUT2D eigenvalue weighted by molar-refractivity contribution is 6.30. The molecule has 34 heavy (non-hydrogen) atoms. The summed E-state index contributed by atoms with van der Waals surface area (Å²) < 4.78 is 20.8.